The summed E-state index contributed by atoms with van der Waals surface area (Å²) in [7, 11) is 0. The SMILES string of the molecule is O=C1CCN(CC2CCSC2)C(=O)C2(CCCCC2)N1. The molecule has 112 valence electrons. The quantitative estimate of drug-likeness (QED) is 0.845. The van der Waals surface area contributed by atoms with E-state index in [1.54, 1.807) is 0 Å². The van der Waals surface area contributed by atoms with Crippen molar-refractivity contribution < 1.29 is 9.59 Å². The van der Waals surface area contributed by atoms with Crippen LogP contribution in [0.4, 0.5) is 0 Å². The van der Waals surface area contributed by atoms with Crippen LogP contribution in [0.25, 0.3) is 0 Å². The highest BCUT2D eigenvalue weighted by Crippen LogP contribution is 2.33. The van der Waals surface area contributed by atoms with Gasteiger partial charge in [0, 0.05) is 19.5 Å². The van der Waals surface area contributed by atoms with Crippen LogP contribution in [0.1, 0.15) is 44.9 Å². The van der Waals surface area contributed by atoms with E-state index in [9.17, 15) is 9.59 Å². The highest BCUT2D eigenvalue weighted by Gasteiger charge is 2.45. The van der Waals surface area contributed by atoms with Gasteiger partial charge in [0.25, 0.3) is 0 Å². The van der Waals surface area contributed by atoms with Crippen LogP contribution in [0.2, 0.25) is 0 Å². The Morgan fingerprint density at radius 1 is 1.25 bits per heavy atom. The first kappa shape index (κ1) is 14.2. The summed E-state index contributed by atoms with van der Waals surface area (Å²) in [5.41, 5.74) is -0.572. The highest BCUT2D eigenvalue weighted by atomic mass is 32.2. The van der Waals surface area contributed by atoms with Gasteiger partial charge in [-0.05, 0) is 36.7 Å². The number of thioether (sulfide) groups is 1. The minimum absolute atomic E-state index is 0.0588. The topological polar surface area (TPSA) is 49.4 Å². The lowest BCUT2D eigenvalue weighted by atomic mass is 9.80. The molecule has 1 aliphatic carbocycles. The monoisotopic (exact) mass is 296 g/mol. The van der Waals surface area contributed by atoms with Crippen LogP contribution in [0.3, 0.4) is 0 Å². The molecule has 0 bridgehead atoms. The van der Waals surface area contributed by atoms with Gasteiger partial charge in [-0.2, -0.15) is 11.8 Å². The van der Waals surface area contributed by atoms with E-state index in [0.717, 1.165) is 38.0 Å². The molecule has 1 atom stereocenters. The first-order valence-corrected chi connectivity index (χ1v) is 9.03. The average molecular weight is 296 g/mol. The summed E-state index contributed by atoms with van der Waals surface area (Å²) in [6, 6.07) is 0. The van der Waals surface area contributed by atoms with Crippen molar-refractivity contribution in [2.45, 2.75) is 50.5 Å². The van der Waals surface area contributed by atoms with Crippen molar-refractivity contribution in [1.29, 1.82) is 0 Å². The van der Waals surface area contributed by atoms with Crippen LogP contribution in [0, 0.1) is 5.92 Å². The minimum Gasteiger partial charge on any atom is -0.342 e. The van der Waals surface area contributed by atoms with Gasteiger partial charge in [-0.3, -0.25) is 9.59 Å². The number of nitrogens with zero attached hydrogens (tertiary/aromatic N) is 1. The lowest BCUT2D eigenvalue weighted by Crippen LogP contribution is -2.58. The first-order valence-electron chi connectivity index (χ1n) is 7.88. The predicted molar refractivity (Wildman–Crippen MR) is 80.6 cm³/mol. The van der Waals surface area contributed by atoms with Crippen LogP contribution in [0.15, 0.2) is 0 Å². The Morgan fingerprint density at radius 2 is 2.05 bits per heavy atom. The predicted octanol–water partition coefficient (Wildman–Crippen LogP) is 1.79. The van der Waals surface area contributed by atoms with Crippen LogP contribution in [-0.4, -0.2) is 46.8 Å². The molecular weight excluding hydrogens is 272 g/mol. The zero-order chi connectivity index (χ0) is 14.0. The molecule has 1 unspecified atom stereocenters. The van der Waals surface area contributed by atoms with Crippen LogP contribution >= 0.6 is 11.8 Å². The summed E-state index contributed by atoms with van der Waals surface area (Å²) in [4.78, 5) is 26.9. The maximum Gasteiger partial charge on any atom is 0.248 e. The highest BCUT2D eigenvalue weighted by molar-refractivity contribution is 7.99. The second-order valence-electron chi connectivity index (χ2n) is 6.42. The van der Waals surface area contributed by atoms with Gasteiger partial charge in [-0.15, -0.1) is 0 Å². The number of carbonyl (C=O) groups is 2. The van der Waals surface area contributed by atoms with E-state index in [0.29, 0.717) is 18.9 Å². The Morgan fingerprint density at radius 3 is 2.75 bits per heavy atom. The molecular formula is C15H24N2O2S. The second-order valence-corrected chi connectivity index (χ2v) is 7.57. The number of nitrogens with one attached hydrogen (secondary N) is 1. The minimum atomic E-state index is -0.572. The zero-order valence-corrected chi connectivity index (χ0v) is 12.8. The molecule has 2 aliphatic heterocycles. The lowest BCUT2D eigenvalue weighted by molar-refractivity contribution is -0.140. The van der Waals surface area contributed by atoms with Crippen molar-refractivity contribution in [3.63, 3.8) is 0 Å². The largest absolute Gasteiger partial charge is 0.342 e. The maximum atomic E-state index is 13.0. The van der Waals surface area contributed by atoms with Crippen LogP contribution in [0.5, 0.6) is 0 Å². The van der Waals surface area contributed by atoms with Crippen molar-refractivity contribution in [2.75, 3.05) is 24.6 Å². The van der Waals surface area contributed by atoms with Gasteiger partial charge in [0.15, 0.2) is 0 Å². The van der Waals surface area contributed by atoms with E-state index >= 15 is 0 Å². The van der Waals surface area contributed by atoms with E-state index in [1.807, 2.05) is 16.7 Å². The third-order valence-electron chi connectivity index (χ3n) is 4.89. The van der Waals surface area contributed by atoms with E-state index < -0.39 is 5.54 Å². The van der Waals surface area contributed by atoms with Crippen molar-refractivity contribution in [3.8, 4) is 0 Å². The fraction of sp³-hybridized carbons (Fsp3) is 0.867. The maximum absolute atomic E-state index is 13.0. The molecule has 3 rings (SSSR count). The van der Waals surface area contributed by atoms with Gasteiger partial charge in [-0.25, -0.2) is 0 Å². The van der Waals surface area contributed by atoms with Gasteiger partial charge >= 0.3 is 0 Å². The number of carbonyl (C=O) groups excluding carboxylic acids is 2. The summed E-state index contributed by atoms with van der Waals surface area (Å²) in [5, 5.41) is 3.06. The van der Waals surface area contributed by atoms with Gasteiger partial charge < -0.3 is 10.2 Å². The smallest absolute Gasteiger partial charge is 0.248 e. The Labute approximate surface area is 125 Å². The zero-order valence-electron chi connectivity index (χ0n) is 12.0. The number of rotatable bonds is 2. The van der Waals surface area contributed by atoms with Gasteiger partial charge in [0.1, 0.15) is 5.54 Å². The molecule has 0 aromatic carbocycles. The van der Waals surface area contributed by atoms with E-state index in [4.69, 9.17) is 0 Å². The molecule has 0 aromatic rings. The number of hydrogen-bond acceptors (Lipinski definition) is 3. The summed E-state index contributed by atoms with van der Waals surface area (Å²) in [6.07, 6.45) is 6.62. The van der Waals surface area contributed by atoms with E-state index in [-0.39, 0.29) is 11.8 Å². The molecule has 1 saturated carbocycles. The van der Waals surface area contributed by atoms with Gasteiger partial charge in [0.05, 0.1) is 0 Å². The number of hydrogen-bond donors (Lipinski definition) is 1. The Balaban J connectivity index is 1.75. The fourth-order valence-corrected chi connectivity index (χ4v) is 5.00. The molecule has 0 radical (unpaired) electrons. The molecule has 0 aromatic heterocycles. The molecule has 2 heterocycles. The third kappa shape index (κ3) is 2.83. The van der Waals surface area contributed by atoms with Crippen molar-refractivity contribution in [1.82, 2.24) is 10.2 Å². The van der Waals surface area contributed by atoms with Crippen LogP contribution < -0.4 is 5.32 Å². The van der Waals surface area contributed by atoms with Gasteiger partial charge in [-0.1, -0.05) is 19.3 Å². The second kappa shape index (κ2) is 5.96. The Bertz CT molecular complexity index is 387. The average Bonchev–Trinajstić information content (AvgIpc) is 2.93. The summed E-state index contributed by atoms with van der Waals surface area (Å²) in [6.45, 7) is 1.45. The molecule has 4 nitrogen and oxygen atoms in total. The van der Waals surface area contributed by atoms with Crippen molar-refractivity contribution in [3.05, 3.63) is 0 Å². The van der Waals surface area contributed by atoms with Crippen molar-refractivity contribution in [2.24, 2.45) is 5.92 Å². The Kier molecular flexibility index (Phi) is 4.24. The molecule has 1 N–H and O–H groups in total. The molecule has 20 heavy (non-hydrogen) atoms. The molecule has 2 amide bonds. The third-order valence-corrected chi connectivity index (χ3v) is 6.13. The Hall–Kier alpha value is -0.710. The summed E-state index contributed by atoms with van der Waals surface area (Å²) in [5.74, 6) is 3.26. The van der Waals surface area contributed by atoms with E-state index in [2.05, 4.69) is 5.32 Å². The summed E-state index contributed by atoms with van der Waals surface area (Å²) >= 11 is 1.98. The molecule has 2 saturated heterocycles. The van der Waals surface area contributed by atoms with Crippen molar-refractivity contribution >= 4 is 23.6 Å². The fourth-order valence-electron chi connectivity index (χ4n) is 3.73. The lowest BCUT2D eigenvalue weighted by Gasteiger charge is -2.38. The summed E-state index contributed by atoms with van der Waals surface area (Å²) < 4.78 is 0. The molecule has 3 aliphatic rings. The molecule has 1 spiro atoms. The standard InChI is InChI=1S/C15H24N2O2S/c18-13-4-8-17(10-12-5-9-20-11-12)14(19)15(16-13)6-2-1-3-7-15/h12H,1-11H2,(H,16,18). The molecule has 3 fully saturated rings. The normalized spacial score (nSPS) is 30.4. The molecule has 5 heteroatoms. The first-order chi connectivity index (χ1) is 9.70. The number of amides is 2. The van der Waals surface area contributed by atoms with Crippen LogP contribution in [-0.2, 0) is 9.59 Å². The van der Waals surface area contributed by atoms with Gasteiger partial charge in [0.2, 0.25) is 11.8 Å². The van der Waals surface area contributed by atoms with E-state index in [1.165, 1.54) is 18.6 Å².